The van der Waals surface area contributed by atoms with Crippen molar-refractivity contribution in [3.8, 4) is 0 Å². The molecule has 33 heavy (non-hydrogen) atoms. The third kappa shape index (κ3) is 4.51. The smallest absolute Gasteiger partial charge is 0.481 e. The quantitative estimate of drug-likeness (QED) is 0.291. The van der Waals surface area contributed by atoms with Crippen LogP contribution >= 0.6 is 0 Å². The molecule has 1 aliphatic carbocycles. The molecule has 0 spiro atoms. The van der Waals surface area contributed by atoms with Gasteiger partial charge < -0.3 is 24.3 Å². The van der Waals surface area contributed by atoms with Gasteiger partial charge in [0.15, 0.2) is 0 Å². The molecule has 3 heterocycles. The number of hydrogen-bond acceptors (Lipinski definition) is 7. The van der Waals surface area contributed by atoms with Gasteiger partial charge in [-0.25, -0.2) is 0 Å². The van der Waals surface area contributed by atoms with Crippen molar-refractivity contribution in [2.45, 2.75) is 64.6 Å². The molecule has 10 heteroatoms. The first kappa shape index (κ1) is 23.7. The van der Waals surface area contributed by atoms with E-state index in [9.17, 15) is 24.5 Å². The molecule has 178 valence electrons. The van der Waals surface area contributed by atoms with Crippen LogP contribution in [0.4, 0.5) is 0 Å². The monoisotopic (exact) mass is 459 g/mol. The van der Waals surface area contributed by atoms with Gasteiger partial charge in [-0.15, -0.1) is 0 Å². The zero-order valence-electron chi connectivity index (χ0n) is 18.7. The van der Waals surface area contributed by atoms with Crippen LogP contribution in [-0.2, 0) is 25.6 Å². The lowest BCUT2D eigenvalue weighted by Gasteiger charge is -2.41. The van der Waals surface area contributed by atoms with Gasteiger partial charge in [-0.05, 0) is 55.6 Å². The van der Waals surface area contributed by atoms with Crippen LogP contribution in [-0.4, -0.2) is 51.6 Å². The van der Waals surface area contributed by atoms with Crippen LogP contribution in [0.1, 0.15) is 69.5 Å². The molecule has 2 amide bonds. The Morgan fingerprint density at radius 1 is 1.18 bits per heavy atom. The summed E-state index contributed by atoms with van der Waals surface area (Å²) in [7, 11) is -1.18. The van der Waals surface area contributed by atoms with E-state index in [4.69, 9.17) is 14.2 Å². The number of carboxylic acids is 1. The molecule has 0 saturated carbocycles. The third-order valence-corrected chi connectivity index (χ3v) is 7.16. The largest absolute Gasteiger partial charge is 0.487 e. The summed E-state index contributed by atoms with van der Waals surface area (Å²) in [6.45, 7) is 2.01. The van der Waals surface area contributed by atoms with Crippen LogP contribution in [0, 0.1) is 17.8 Å². The van der Waals surface area contributed by atoms with Gasteiger partial charge in [0.2, 0.25) is 11.8 Å². The number of carboxylic acid groups (broad SMARTS) is 1. The normalized spacial score (nSPS) is 27.2. The SMILES string of the molecule is CCC1=C2B(O)O[C@H](c3ccc(CO)o3)C[C@H]2[C@H]2C(=O)N(CCCCCC(=O)O)C(=O)[C@H]2C1. The first-order chi connectivity index (χ1) is 15.8. The van der Waals surface area contributed by atoms with E-state index in [-0.39, 0.29) is 37.3 Å². The topological polar surface area (TPSA) is 138 Å². The number of aliphatic hydroxyl groups excluding tert-OH is 1. The van der Waals surface area contributed by atoms with Gasteiger partial charge in [-0.2, -0.15) is 0 Å². The zero-order valence-corrected chi connectivity index (χ0v) is 18.7. The number of fused-ring (bicyclic) bond motifs is 3. The molecular formula is C23H30BNO8. The lowest BCUT2D eigenvalue weighted by Crippen LogP contribution is -2.44. The van der Waals surface area contributed by atoms with Crippen molar-refractivity contribution >= 4 is 24.9 Å². The predicted molar refractivity (Wildman–Crippen MR) is 116 cm³/mol. The van der Waals surface area contributed by atoms with E-state index in [0.717, 1.165) is 5.57 Å². The summed E-state index contributed by atoms with van der Waals surface area (Å²) in [4.78, 5) is 38.6. The average molecular weight is 459 g/mol. The maximum Gasteiger partial charge on any atom is 0.487 e. The van der Waals surface area contributed by atoms with Crippen molar-refractivity contribution in [2.75, 3.05) is 6.54 Å². The van der Waals surface area contributed by atoms with Crippen LogP contribution in [0.25, 0.3) is 0 Å². The predicted octanol–water partition coefficient (Wildman–Crippen LogP) is 2.23. The van der Waals surface area contributed by atoms with E-state index in [1.807, 2.05) is 6.92 Å². The number of likely N-dealkylation sites (tertiary alicyclic amines) is 1. The summed E-state index contributed by atoms with van der Waals surface area (Å²) in [5, 5.41) is 28.9. The van der Waals surface area contributed by atoms with Crippen molar-refractivity contribution in [3.05, 3.63) is 34.7 Å². The molecule has 4 atom stereocenters. The Balaban J connectivity index is 1.54. The minimum absolute atomic E-state index is 0.0758. The second-order valence-electron chi connectivity index (χ2n) is 9.06. The Hall–Kier alpha value is -2.43. The number of allylic oxidation sites excluding steroid dienone is 2. The van der Waals surface area contributed by atoms with Crippen LogP contribution in [0.5, 0.6) is 0 Å². The second-order valence-corrected chi connectivity index (χ2v) is 9.06. The minimum atomic E-state index is -1.18. The minimum Gasteiger partial charge on any atom is -0.481 e. The Bertz CT molecular complexity index is 956. The Morgan fingerprint density at radius 3 is 2.64 bits per heavy atom. The van der Waals surface area contributed by atoms with Crippen LogP contribution < -0.4 is 0 Å². The summed E-state index contributed by atoms with van der Waals surface area (Å²) in [5.74, 6) is -1.70. The molecule has 0 radical (unpaired) electrons. The highest BCUT2D eigenvalue weighted by Crippen LogP contribution is 2.52. The molecule has 0 unspecified atom stereocenters. The molecule has 2 aliphatic heterocycles. The second kappa shape index (κ2) is 9.83. The molecule has 1 aromatic rings. The Kier molecular flexibility index (Phi) is 7.06. The number of aliphatic hydroxyl groups is 1. The molecule has 0 bridgehead atoms. The molecule has 0 aromatic carbocycles. The number of unbranched alkanes of at least 4 members (excludes halogenated alkanes) is 2. The Morgan fingerprint density at radius 2 is 1.97 bits per heavy atom. The summed E-state index contributed by atoms with van der Waals surface area (Å²) in [5.41, 5.74) is 1.68. The lowest BCUT2D eigenvalue weighted by molar-refractivity contribution is -0.141. The van der Waals surface area contributed by atoms with Crippen LogP contribution in [0.15, 0.2) is 27.6 Å². The first-order valence-corrected chi connectivity index (χ1v) is 11.7. The van der Waals surface area contributed by atoms with E-state index < -0.39 is 31.0 Å². The molecule has 2 saturated heterocycles. The number of aliphatic carboxylic acids is 1. The number of carbonyl (C=O) groups is 3. The maximum atomic E-state index is 13.4. The molecule has 4 rings (SSSR count). The van der Waals surface area contributed by atoms with Gasteiger partial charge in [0, 0.05) is 13.0 Å². The maximum absolute atomic E-state index is 13.4. The van der Waals surface area contributed by atoms with Crippen molar-refractivity contribution in [1.29, 1.82) is 0 Å². The van der Waals surface area contributed by atoms with Gasteiger partial charge >= 0.3 is 13.1 Å². The standard InChI is InChI=1S/C23H30BNO8/c1-2-13-10-16-20(23(30)25(22(16)29)9-5-3-4-6-19(27)28)15-11-18(33-24(31)21(13)15)17-8-7-14(12-26)32-17/h7-8,15-16,18,20,26,31H,2-6,9-12H2,1H3,(H,27,28)/t15-,16-,18-,20+/m0/s1. The van der Waals surface area contributed by atoms with Gasteiger partial charge in [-0.3, -0.25) is 19.3 Å². The van der Waals surface area contributed by atoms with E-state index >= 15 is 0 Å². The molecule has 2 fully saturated rings. The van der Waals surface area contributed by atoms with Crippen molar-refractivity contribution in [2.24, 2.45) is 17.8 Å². The van der Waals surface area contributed by atoms with Gasteiger partial charge in [-0.1, -0.05) is 18.9 Å². The van der Waals surface area contributed by atoms with Gasteiger partial charge in [0.1, 0.15) is 24.2 Å². The number of rotatable bonds is 9. The highest BCUT2D eigenvalue weighted by molar-refractivity contribution is 6.53. The van der Waals surface area contributed by atoms with Crippen molar-refractivity contribution < 1.29 is 38.7 Å². The van der Waals surface area contributed by atoms with E-state index in [1.165, 1.54) is 4.90 Å². The van der Waals surface area contributed by atoms with Crippen molar-refractivity contribution in [3.63, 3.8) is 0 Å². The molecule has 9 nitrogen and oxygen atoms in total. The van der Waals surface area contributed by atoms with E-state index in [0.29, 0.717) is 55.5 Å². The highest BCUT2D eigenvalue weighted by atomic mass is 16.5. The number of amides is 2. The van der Waals surface area contributed by atoms with E-state index in [1.54, 1.807) is 12.1 Å². The zero-order chi connectivity index (χ0) is 23.7. The summed E-state index contributed by atoms with van der Waals surface area (Å²) < 4.78 is 11.5. The molecule has 3 N–H and O–H groups in total. The number of imide groups is 1. The fourth-order valence-corrected chi connectivity index (χ4v) is 5.59. The Labute approximate surface area is 192 Å². The molecular weight excluding hydrogens is 429 g/mol. The van der Waals surface area contributed by atoms with Gasteiger partial charge in [0.05, 0.1) is 11.8 Å². The summed E-state index contributed by atoms with van der Waals surface area (Å²) >= 11 is 0. The van der Waals surface area contributed by atoms with E-state index in [2.05, 4.69) is 0 Å². The molecule has 1 aromatic heterocycles. The number of carbonyl (C=O) groups excluding carboxylic acids is 2. The fraction of sp³-hybridized carbons (Fsp3) is 0.609. The average Bonchev–Trinajstić information content (AvgIpc) is 3.36. The summed E-state index contributed by atoms with van der Waals surface area (Å²) in [6, 6.07) is 3.34. The highest BCUT2D eigenvalue weighted by Gasteiger charge is 2.57. The number of furan rings is 1. The lowest BCUT2D eigenvalue weighted by atomic mass is 9.55. The first-order valence-electron chi connectivity index (χ1n) is 11.7. The summed E-state index contributed by atoms with van der Waals surface area (Å²) in [6.07, 6.45) is 2.70. The van der Waals surface area contributed by atoms with Crippen molar-refractivity contribution in [1.82, 2.24) is 4.90 Å². The fourth-order valence-electron chi connectivity index (χ4n) is 5.59. The number of hydrogen-bond donors (Lipinski definition) is 3. The van der Waals surface area contributed by atoms with Crippen LogP contribution in [0.3, 0.4) is 0 Å². The number of nitrogens with zero attached hydrogens (tertiary/aromatic N) is 1. The third-order valence-electron chi connectivity index (χ3n) is 7.16. The van der Waals surface area contributed by atoms with Gasteiger partial charge in [0.25, 0.3) is 0 Å². The van der Waals surface area contributed by atoms with Crippen LogP contribution in [0.2, 0.25) is 0 Å². The molecule has 3 aliphatic rings.